The van der Waals surface area contributed by atoms with Crippen molar-refractivity contribution in [1.82, 2.24) is 9.88 Å². The van der Waals surface area contributed by atoms with Crippen molar-refractivity contribution in [2.45, 2.75) is 19.0 Å². The first-order valence-electron chi connectivity index (χ1n) is 9.14. The van der Waals surface area contributed by atoms with Crippen molar-refractivity contribution in [2.75, 3.05) is 18.4 Å². The third kappa shape index (κ3) is 7.25. The molecular weight excluding hydrogens is 439 g/mol. The summed E-state index contributed by atoms with van der Waals surface area (Å²) in [6.07, 6.45) is -0.521. The molecule has 0 atom stereocenters. The van der Waals surface area contributed by atoms with Gasteiger partial charge in [-0.15, -0.1) is 0 Å². The standard InChI is InChI=1S/C18H18ClN3O2.C2HF3O2/c19-16-6-2-1-5-15(16)18(24)22-10-7-13(8-11-22)17(23)21-14-4-3-9-20-12-14;3-2(4,5)1(6)7/h1-6,9,12-13H,7-8,10-11H2,(H,21,23);(H,6,7). The lowest BCUT2D eigenvalue weighted by molar-refractivity contribution is -0.192. The van der Waals surface area contributed by atoms with Gasteiger partial charge in [-0.2, -0.15) is 13.2 Å². The SMILES string of the molecule is O=C(Nc1cccnc1)C1CCN(C(=O)c2ccccc2Cl)CC1.O=C(O)C(F)(F)F. The van der Waals surface area contributed by atoms with Gasteiger partial charge in [-0.05, 0) is 37.1 Å². The molecule has 0 unspecified atom stereocenters. The van der Waals surface area contributed by atoms with Crippen LogP contribution in [-0.2, 0) is 9.59 Å². The number of amides is 2. The minimum atomic E-state index is -5.08. The molecular formula is C20H19ClF3N3O4. The third-order valence-electron chi connectivity index (χ3n) is 4.43. The molecule has 1 aromatic carbocycles. The molecule has 0 radical (unpaired) electrons. The summed E-state index contributed by atoms with van der Waals surface area (Å²) in [5.41, 5.74) is 1.20. The number of nitrogens with one attached hydrogen (secondary N) is 1. The number of carboxylic acids is 1. The Morgan fingerprint density at radius 2 is 1.71 bits per heavy atom. The average Bonchev–Trinajstić information content (AvgIpc) is 2.74. The van der Waals surface area contributed by atoms with Gasteiger partial charge in [-0.3, -0.25) is 14.6 Å². The first-order valence-corrected chi connectivity index (χ1v) is 9.52. The van der Waals surface area contributed by atoms with Crippen LogP contribution in [0.25, 0.3) is 0 Å². The number of carboxylic acid groups (broad SMARTS) is 1. The van der Waals surface area contributed by atoms with Crippen LogP contribution in [0.5, 0.6) is 0 Å². The van der Waals surface area contributed by atoms with Gasteiger partial charge in [-0.1, -0.05) is 23.7 Å². The van der Waals surface area contributed by atoms with Gasteiger partial charge in [0, 0.05) is 25.2 Å². The molecule has 1 aliphatic heterocycles. The van der Waals surface area contributed by atoms with E-state index in [1.54, 1.807) is 53.7 Å². The van der Waals surface area contributed by atoms with Gasteiger partial charge in [0.05, 0.1) is 22.5 Å². The first kappa shape index (κ1) is 24.1. The Bertz CT molecular complexity index is 917. The number of hydrogen-bond acceptors (Lipinski definition) is 4. The lowest BCUT2D eigenvalue weighted by Gasteiger charge is -2.31. The van der Waals surface area contributed by atoms with E-state index in [-0.39, 0.29) is 17.7 Å². The quantitative estimate of drug-likeness (QED) is 0.729. The van der Waals surface area contributed by atoms with Gasteiger partial charge in [0.1, 0.15) is 0 Å². The van der Waals surface area contributed by atoms with E-state index in [1.807, 2.05) is 0 Å². The number of likely N-dealkylation sites (tertiary alicyclic amines) is 1. The number of benzene rings is 1. The summed E-state index contributed by atoms with van der Waals surface area (Å²) in [5.74, 6) is -2.95. The predicted molar refractivity (Wildman–Crippen MR) is 107 cm³/mol. The molecule has 3 rings (SSSR count). The fraction of sp³-hybridized carbons (Fsp3) is 0.300. The third-order valence-corrected chi connectivity index (χ3v) is 4.76. The van der Waals surface area contributed by atoms with Crippen LogP contribution in [0.15, 0.2) is 48.8 Å². The number of carbonyl (C=O) groups excluding carboxylic acids is 2. The molecule has 0 spiro atoms. The lowest BCUT2D eigenvalue weighted by Crippen LogP contribution is -2.41. The van der Waals surface area contributed by atoms with Crippen molar-refractivity contribution in [3.63, 3.8) is 0 Å². The first-order chi connectivity index (χ1) is 14.6. The van der Waals surface area contributed by atoms with E-state index in [9.17, 15) is 22.8 Å². The molecule has 1 aliphatic rings. The number of pyridine rings is 1. The number of alkyl halides is 3. The van der Waals surface area contributed by atoms with Crippen LogP contribution < -0.4 is 5.32 Å². The minimum Gasteiger partial charge on any atom is -0.475 e. The number of rotatable bonds is 3. The average molecular weight is 458 g/mol. The van der Waals surface area contributed by atoms with Crippen molar-refractivity contribution in [3.8, 4) is 0 Å². The summed E-state index contributed by atoms with van der Waals surface area (Å²) >= 11 is 6.09. The summed E-state index contributed by atoms with van der Waals surface area (Å²) < 4.78 is 31.7. The summed E-state index contributed by atoms with van der Waals surface area (Å²) in [6.45, 7) is 1.10. The number of hydrogen-bond donors (Lipinski definition) is 2. The second-order valence-electron chi connectivity index (χ2n) is 6.58. The van der Waals surface area contributed by atoms with Crippen molar-refractivity contribution in [2.24, 2.45) is 5.92 Å². The highest BCUT2D eigenvalue weighted by Crippen LogP contribution is 2.23. The van der Waals surface area contributed by atoms with Crippen LogP contribution >= 0.6 is 11.6 Å². The zero-order valence-corrected chi connectivity index (χ0v) is 16.9. The maximum atomic E-state index is 12.5. The summed E-state index contributed by atoms with van der Waals surface area (Å²) in [7, 11) is 0. The largest absolute Gasteiger partial charge is 0.490 e. The van der Waals surface area contributed by atoms with E-state index in [0.717, 1.165) is 0 Å². The Labute approximate surface area is 180 Å². The van der Waals surface area contributed by atoms with Gasteiger partial charge < -0.3 is 15.3 Å². The smallest absolute Gasteiger partial charge is 0.475 e. The number of anilines is 1. The normalized spacial score (nSPS) is 14.3. The van der Waals surface area contributed by atoms with Gasteiger partial charge in [-0.25, -0.2) is 4.79 Å². The highest BCUT2D eigenvalue weighted by Gasteiger charge is 2.38. The Hall–Kier alpha value is -3.14. The van der Waals surface area contributed by atoms with Crippen molar-refractivity contribution < 1.29 is 32.7 Å². The van der Waals surface area contributed by atoms with Crippen LogP contribution in [-0.4, -0.2) is 52.0 Å². The minimum absolute atomic E-state index is 0.0205. The van der Waals surface area contributed by atoms with E-state index in [1.165, 1.54) is 0 Å². The summed E-state index contributed by atoms with van der Waals surface area (Å²) in [5, 5.41) is 10.5. The predicted octanol–water partition coefficient (Wildman–Crippen LogP) is 3.86. The van der Waals surface area contributed by atoms with Crippen LogP contribution in [0, 0.1) is 5.92 Å². The van der Waals surface area contributed by atoms with E-state index < -0.39 is 12.1 Å². The monoisotopic (exact) mass is 457 g/mol. The van der Waals surface area contributed by atoms with Crippen molar-refractivity contribution >= 4 is 35.1 Å². The molecule has 0 bridgehead atoms. The Kier molecular flexibility index (Phi) is 8.38. The van der Waals surface area contributed by atoms with Crippen LogP contribution in [0.4, 0.5) is 18.9 Å². The molecule has 7 nitrogen and oxygen atoms in total. The fourth-order valence-electron chi connectivity index (χ4n) is 2.83. The van der Waals surface area contributed by atoms with Crippen molar-refractivity contribution in [1.29, 1.82) is 0 Å². The van der Waals surface area contributed by atoms with E-state index >= 15 is 0 Å². The topological polar surface area (TPSA) is 99.6 Å². The molecule has 1 fully saturated rings. The van der Waals surface area contributed by atoms with Gasteiger partial charge >= 0.3 is 12.1 Å². The molecule has 166 valence electrons. The Morgan fingerprint density at radius 1 is 1.10 bits per heavy atom. The molecule has 1 aromatic heterocycles. The Morgan fingerprint density at radius 3 is 2.23 bits per heavy atom. The second kappa shape index (κ2) is 10.8. The zero-order chi connectivity index (χ0) is 23.0. The highest BCUT2D eigenvalue weighted by molar-refractivity contribution is 6.33. The zero-order valence-electron chi connectivity index (χ0n) is 16.1. The molecule has 0 aliphatic carbocycles. The molecule has 2 aromatic rings. The second-order valence-corrected chi connectivity index (χ2v) is 6.99. The Balaban J connectivity index is 0.000000423. The number of aliphatic carboxylic acids is 1. The molecule has 2 amide bonds. The van der Waals surface area contributed by atoms with Crippen LogP contribution in [0.2, 0.25) is 5.02 Å². The lowest BCUT2D eigenvalue weighted by atomic mass is 9.95. The van der Waals surface area contributed by atoms with Gasteiger partial charge in [0.25, 0.3) is 5.91 Å². The highest BCUT2D eigenvalue weighted by atomic mass is 35.5. The van der Waals surface area contributed by atoms with Crippen LogP contribution in [0.3, 0.4) is 0 Å². The molecule has 2 heterocycles. The van der Waals surface area contributed by atoms with Crippen LogP contribution in [0.1, 0.15) is 23.2 Å². The number of nitrogens with zero attached hydrogens (tertiary/aromatic N) is 2. The molecule has 31 heavy (non-hydrogen) atoms. The maximum Gasteiger partial charge on any atom is 0.490 e. The van der Waals surface area contributed by atoms with Gasteiger partial charge in [0.2, 0.25) is 5.91 Å². The summed E-state index contributed by atoms with van der Waals surface area (Å²) in [4.78, 5) is 39.5. The molecule has 0 saturated carbocycles. The number of halogens is 4. The molecule has 1 saturated heterocycles. The number of carbonyl (C=O) groups is 3. The molecule has 2 N–H and O–H groups in total. The van der Waals surface area contributed by atoms with E-state index in [2.05, 4.69) is 10.3 Å². The fourth-order valence-corrected chi connectivity index (χ4v) is 3.05. The van der Waals surface area contributed by atoms with Gasteiger partial charge in [0.15, 0.2) is 0 Å². The van der Waals surface area contributed by atoms with Crippen molar-refractivity contribution in [3.05, 3.63) is 59.4 Å². The number of piperidine rings is 1. The molecule has 11 heteroatoms. The van der Waals surface area contributed by atoms with E-state index in [0.29, 0.717) is 42.2 Å². The maximum absolute atomic E-state index is 12.5. The number of aromatic nitrogens is 1. The van der Waals surface area contributed by atoms with E-state index in [4.69, 9.17) is 21.5 Å². The summed E-state index contributed by atoms with van der Waals surface area (Å²) in [6, 6.07) is 10.6.